The van der Waals surface area contributed by atoms with Crippen molar-refractivity contribution in [3.05, 3.63) is 22.6 Å². The Hall–Kier alpha value is -2.11. The summed E-state index contributed by atoms with van der Waals surface area (Å²) in [6.07, 6.45) is 2.08. The van der Waals surface area contributed by atoms with Crippen LogP contribution in [0.4, 0.5) is 0 Å². The maximum absolute atomic E-state index is 12.1. The molecule has 0 saturated heterocycles. The van der Waals surface area contributed by atoms with Crippen LogP contribution in [0.1, 0.15) is 58.4 Å². The number of carbonyl (C=O) groups is 3. The van der Waals surface area contributed by atoms with E-state index >= 15 is 0 Å². The summed E-state index contributed by atoms with van der Waals surface area (Å²) in [4.78, 5) is 34.9. The molecule has 1 aliphatic carbocycles. The van der Waals surface area contributed by atoms with Gasteiger partial charge in [0.1, 0.15) is 11.8 Å². The van der Waals surface area contributed by atoms with E-state index < -0.39 is 17.9 Å². The predicted octanol–water partition coefficient (Wildman–Crippen LogP) is 1.70. The summed E-state index contributed by atoms with van der Waals surface area (Å²) in [6, 6.07) is -0.959. The van der Waals surface area contributed by atoms with Crippen LogP contribution in [0, 0.1) is 6.92 Å². The molecule has 6 nitrogen and oxygen atoms in total. The molecule has 0 spiro atoms. The van der Waals surface area contributed by atoms with Crippen LogP contribution >= 0.6 is 0 Å². The van der Waals surface area contributed by atoms with Gasteiger partial charge in [0.05, 0.1) is 5.56 Å². The molecule has 0 saturated carbocycles. The molecule has 1 aromatic rings. The summed E-state index contributed by atoms with van der Waals surface area (Å²) in [5, 5.41) is 11.3. The molecule has 0 fully saturated rings. The summed E-state index contributed by atoms with van der Waals surface area (Å²) in [5.41, 5.74) is 0.993. The molecule has 1 amide bonds. The normalized spacial score (nSPS) is 15.6. The molecule has 0 radical (unpaired) electrons. The largest absolute Gasteiger partial charge is 0.480 e. The average molecular weight is 279 g/mol. The lowest BCUT2D eigenvalue weighted by Crippen LogP contribution is -2.40. The van der Waals surface area contributed by atoms with E-state index in [1.807, 2.05) is 0 Å². The van der Waals surface area contributed by atoms with Crippen molar-refractivity contribution in [2.24, 2.45) is 0 Å². The lowest BCUT2D eigenvalue weighted by Gasteiger charge is -2.11. The van der Waals surface area contributed by atoms with Gasteiger partial charge < -0.3 is 14.8 Å². The Morgan fingerprint density at radius 2 is 2.10 bits per heavy atom. The van der Waals surface area contributed by atoms with E-state index in [1.54, 1.807) is 13.8 Å². The summed E-state index contributed by atoms with van der Waals surface area (Å²) in [7, 11) is 0. The zero-order valence-corrected chi connectivity index (χ0v) is 11.5. The molecule has 1 atom stereocenters. The maximum Gasteiger partial charge on any atom is 0.326 e. The van der Waals surface area contributed by atoms with Gasteiger partial charge in [-0.2, -0.15) is 0 Å². The molecule has 1 unspecified atom stereocenters. The van der Waals surface area contributed by atoms with Crippen LogP contribution in [0.5, 0.6) is 0 Å². The van der Waals surface area contributed by atoms with Crippen LogP contribution in [0.3, 0.4) is 0 Å². The van der Waals surface area contributed by atoms with E-state index in [9.17, 15) is 14.4 Å². The third-order valence-corrected chi connectivity index (χ3v) is 3.52. The van der Waals surface area contributed by atoms with Crippen molar-refractivity contribution < 1.29 is 23.9 Å². The number of rotatable bonds is 4. The summed E-state index contributed by atoms with van der Waals surface area (Å²) >= 11 is 0. The number of aryl methyl sites for hydroxylation is 1. The summed E-state index contributed by atoms with van der Waals surface area (Å²) in [5.74, 6) is -1.11. The molecule has 0 aromatic carbocycles. The minimum Gasteiger partial charge on any atom is -0.480 e. The highest BCUT2D eigenvalue weighted by Gasteiger charge is 2.30. The molecule has 20 heavy (non-hydrogen) atoms. The van der Waals surface area contributed by atoms with Gasteiger partial charge in [-0.05, 0) is 19.8 Å². The zero-order valence-electron chi connectivity index (χ0n) is 11.5. The molecule has 1 aliphatic rings. The van der Waals surface area contributed by atoms with Crippen molar-refractivity contribution in [2.45, 2.75) is 45.6 Å². The average Bonchev–Trinajstić information content (AvgIpc) is 2.74. The molecule has 0 bridgehead atoms. The highest BCUT2D eigenvalue weighted by Crippen LogP contribution is 2.29. The first-order valence-corrected chi connectivity index (χ1v) is 6.64. The molecular formula is C14H17NO5. The van der Waals surface area contributed by atoms with Gasteiger partial charge in [0.25, 0.3) is 5.91 Å². The Balaban J connectivity index is 2.27. The van der Waals surface area contributed by atoms with E-state index in [2.05, 4.69) is 5.32 Å². The molecule has 6 heteroatoms. The molecule has 108 valence electrons. The monoisotopic (exact) mass is 279 g/mol. The molecule has 2 N–H and O–H groups in total. The number of ketones is 1. The van der Waals surface area contributed by atoms with Gasteiger partial charge in [0, 0.05) is 18.4 Å². The number of hydrogen-bond donors (Lipinski definition) is 2. The van der Waals surface area contributed by atoms with Crippen LogP contribution in [0.2, 0.25) is 0 Å². The van der Waals surface area contributed by atoms with Gasteiger partial charge in [-0.3, -0.25) is 9.59 Å². The maximum atomic E-state index is 12.1. The molecular weight excluding hydrogens is 262 g/mol. The Morgan fingerprint density at radius 1 is 1.40 bits per heavy atom. The fourth-order valence-corrected chi connectivity index (χ4v) is 2.43. The van der Waals surface area contributed by atoms with E-state index in [1.165, 1.54) is 0 Å². The first kappa shape index (κ1) is 14.3. The molecule has 2 rings (SSSR count). The SMILES string of the molecule is CCC(NC(=O)c1oc2c(c1C)C(=O)CCC2)C(=O)O. The van der Waals surface area contributed by atoms with Gasteiger partial charge in [-0.1, -0.05) is 6.92 Å². The van der Waals surface area contributed by atoms with Crippen molar-refractivity contribution in [1.82, 2.24) is 5.32 Å². The second-order valence-electron chi connectivity index (χ2n) is 4.90. The van der Waals surface area contributed by atoms with Crippen LogP contribution in [0.15, 0.2) is 4.42 Å². The standard InChI is InChI=1S/C14H17NO5/c1-3-8(14(18)19)15-13(17)12-7(2)11-9(16)5-4-6-10(11)20-12/h8H,3-6H2,1-2H3,(H,15,17)(H,18,19). The van der Waals surface area contributed by atoms with Crippen LogP contribution in [-0.4, -0.2) is 28.8 Å². The third-order valence-electron chi connectivity index (χ3n) is 3.52. The first-order chi connectivity index (χ1) is 9.45. The number of hydrogen-bond acceptors (Lipinski definition) is 4. The van der Waals surface area contributed by atoms with E-state index in [0.29, 0.717) is 36.1 Å². The van der Waals surface area contributed by atoms with E-state index in [-0.39, 0.29) is 18.0 Å². The number of amides is 1. The lowest BCUT2D eigenvalue weighted by atomic mass is 9.94. The summed E-state index contributed by atoms with van der Waals surface area (Å²) < 4.78 is 5.47. The van der Waals surface area contributed by atoms with Crippen molar-refractivity contribution in [3.63, 3.8) is 0 Å². The molecule has 0 aliphatic heterocycles. The fourth-order valence-electron chi connectivity index (χ4n) is 2.43. The number of carbonyl (C=O) groups excluding carboxylic acids is 2. The van der Waals surface area contributed by atoms with Crippen LogP contribution in [-0.2, 0) is 11.2 Å². The Bertz CT molecular complexity index is 572. The Labute approximate surface area is 116 Å². The second-order valence-corrected chi connectivity index (χ2v) is 4.90. The number of carboxylic acid groups (broad SMARTS) is 1. The minimum absolute atomic E-state index is 0.0168. The van der Waals surface area contributed by atoms with E-state index in [4.69, 9.17) is 9.52 Å². The Morgan fingerprint density at radius 3 is 2.65 bits per heavy atom. The van der Waals surface area contributed by atoms with Crippen LogP contribution in [0.25, 0.3) is 0 Å². The zero-order chi connectivity index (χ0) is 14.9. The smallest absolute Gasteiger partial charge is 0.326 e. The summed E-state index contributed by atoms with van der Waals surface area (Å²) in [6.45, 7) is 3.32. The van der Waals surface area contributed by atoms with Gasteiger partial charge in [0.2, 0.25) is 0 Å². The number of fused-ring (bicyclic) bond motifs is 1. The van der Waals surface area contributed by atoms with Crippen LogP contribution < -0.4 is 5.32 Å². The van der Waals surface area contributed by atoms with Gasteiger partial charge in [0.15, 0.2) is 11.5 Å². The highest BCUT2D eigenvalue weighted by molar-refractivity contribution is 6.03. The van der Waals surface area contributed by atoms with Crippen molar-refractivity contribution in [2.75, 3.05) is 0 Å². The third kappa shape index (κ3) is 2.45. The van der Waals surface area contributed by atoms with Crippen molar-refractivity contribution in [1.29, 1.82) is 0 Å². The fraction of sp³-hybridized carbons (Fsp3) is 0.500. The van der Waals surface area contributed by atoms with E-state index in [0.717, 1.165) is 0 Å². The quantitative estimate of drug-likeness (QED) is 0.874. The molecule has 1 heterocycles. The first-order valence-electron chi connectivity index (χ1n) is 6.64. The lowest BCUT2D eigenvalue weighted by molar-refractivity contribution is -0.139. The van der Waals surface area contributed by atoms with Crippen molar-refractivity contribution in [3.8, 4) is 0 Å². The predicted molar refractivity (Wildman–Crippen MR) is 69.9 cm³/mol. The van der Waals surface area contributed by atoms with Crippen molar-refractivity contribution >= 4 is 17.7 Å². The number of carboxylic acids is 1. The molecule has 1 aromatic heterocycles. The van der Waals surface area contributed by atoms with Gasteiger partial charge in [-0.15, -0.1) is 0 Å². The Kier molecular flexibility index (Phi) is 3.92. The van der Waals surface area contributed by atoms with Gasteiger partial charge >= 0.3 is 5.97 Å². The number of aliphatic carboxylic acids is 1. The second kappa shape index (κ2) is 5.48. The number of furan rings is 1. The topological polar surface area (TPSA) is 96.6 Å². The number of Topliss-reactive ketones (excluding diaryl/α,β-unsaturated/α-hetero) is 1. The number of nitrogens with one attached hydrogen (secondary N) is 1. The van der Waals surface area contributed by atoms with Gasteiger partial charge in [-0.25, -0.2) is 4.79 Å². The minimum atomic E-state index is -1.09. The highest BCUT2D eigenvalue weighted by atomic mass is 16.4.